The average molecular weight is 799 g/mol. The summed E-state index contributed by atoms with van der Waals surface area (Å²) in [6, 6.07) is 24.4. The predicted molar refractivity (Wildman–Crippen MR) is 201 cm³/mol. The van der Waals surface area contributed by atoms with Crippen LogP contribution in [0.1, 0.15) is 43.0 Å². The second-order valence-electron chi connectivity index (χ2n) is 13.6. The minimum atomic E-state index is -4.05. The lowest BCUT2D eigenvalue weighted by Gasteiger charge is -2.27. The van der Waals surface area contributed by atoms with Crippen molar-refractivity contribution in [3.63, 3.8) is 0 Å². The molecule has 0 fully saturated rings. The highest BCUT2D eigenvalue weighted by atomic mass is 79.9. The molecule has 1 unspecified atom stereocenters. The van der Waals surface area contributed by atoms with Gasteiger partial charge in [0.25, 0.3) is 10.0 Å². The summed E-state index contributed by atoms with van der Waals surface area (Å²) in [6.07, 6.45) is 7.53. The van der Waals surface area contributed by atoms with Crippen LogP contribution < -0.4 is 4.74 Å². The number of ether oxygens (including phenoxy) is 2. The van der Waals surface area contributed by atoms with Crippen LogP contribution in [0, 0.1) is 11.6 Å². The van der Waals surface area contributed by atoms with Crippen LogP contribution in [0.25, 0.3) is 22.2 Å². The maximum Gasteiger partial charge on any atom is 0.268 e. The molecular formula is C40H34BrF2N5O4S. The molecule has 7 aromatic rings. The molecule has 13 heteroatoms. The molecule has 53 heavy (non-hydrogen) atoms. The van der Waals surface area contributed by atoms with Crippen LogP contribution in [0.3, 0.4) is 0 Å². The molecule has 4 aromatic carbocycles. The van der Waals surface area contributed by atoms with Crippen molar-refractivity contribution in [1.29, 1.82) is 0 Å². The van der Waals surface area contributed by atoms with Gasteiger partial charge in [-0.15, -0.1) is 0 Å². The maximum absolute atomic E-state index is 16.4. The average Bonchev–Trinajstić information content (AvgIpc) is 3.89. The van der Waals surface area contributed by atoms with Gasteiger partial charge in [0, 0.05) is 58.7 Å². The highest BCUT2D eigenvalue weighted by Crippen LogP contribution is 2.39. The molecule has 4 heterocycles. The zero-order chi connectivity index (χ0) is 36.9. The van der Waals surface area contributed by atoms with E-state index in [2.05, 4.69) is 21.0 Å². The first-order valence-corrected chi connectivity index (χ1v) is 19.3. The Bertz CT molecular complexity index is 2580. The van der Waals surface area contributed by atoms with Crippen LogP contribution in [-0.4, -0.2) is 44.2 Å². The van der Waals surface area contributed by atoms with Gasteiger partial charge in [0.2, 0.25) is 0 Å². The summed E-state index contributed by atoms with van der Waals surface area (Å²) >= 11 is 3.58. The number of aromatic nitrogens is 5. The molecule has 1 aliphatic rings. The van der Waals surface area contributed by atoms with Gasteiger partial charge < -0.3 is 9.47 Å². The second-order valence-corrected chi connectivity index (χ2v) is 16.4. The van der Waals surface area contributed by atoms with Crippen LogP contribution in [0.2, 0.25) is 0 Å². The van der Waals surface area contributed by atoms with Gasteiger partial charge in [0.15, 0.2) is 11.6 Å². The van der Waals surface area contributed by atoms with Crippen molar-refractivity contribution in [3.05, 3.63) is 149 Å². The van der Waals surface area contributed by atoms with Crippen LogP contribution in [0.15, 0.2) is 125 Å². The highest BCUT2D eigenvalue weighted by Gasteiger charge is 2.27. The van der Waals surface area contributed by atoms with Gasteiger partial charge in [-0.3, -0.25) is 9.36 Å². The van der Waals surface area contributed by atoms with Crippen molar-refractivity contribution in [2.45, 2.75) is 49.8 Å². The Morgan fingerprint density at radius 3 is 2.57 bits per heavy atom. The van der Waals surface area contributed by atoms with Crippen molar-refractivity contribution in [1.82, 2.24) is 23.5 Å². The molecule has 0 aliphatic carbocycles. The molecule has 0 N–H and O–H groups in total. The molecule has 270 valence electrons. The SMILES string of the molecule is CC1(C)Cn2cc(cn2)Cc2c(c(F)cc3c2ccn3S(=O)(=O)c2ccccc2)Oc2ccc(F)c(c2)-c2ccn(n2)C(c2cccc(Br)c2)CCO1. The lowest BCUT2D eigenvalue weighted by molar-refractivity contribution is -0.0354. The Balaban J connectivity index is 1.27. The molecule has 8 rings (SSSR count). The largest absolute Gasteiger partial charge is 0.454 e. The zero-order valence-electron chi connectivity index (χ0n) is 28.8. The fraction of sp³-hybridized carbons (Fsp3) is 0.200. The van der Waals surface area contributed by atoms with E-state index in [1.165, 1.54) is 36.5 Å². The Morgan fingerprint density at radius 1 is 0.925 bits per heavy atom. The lowest BCUT2D eigenvalue weighted by atomic mass is 10.0. The van der Waals surface area contributed by atoms with E-state index in [1.807, 2.05) is 50.5 Å². The molecule has 0 radical (unpaired) electrons. The summed E-state index contributed by atoms with van der Waals surface area (Å²) in [6.45, 7) is 4.81. The smallest absolute Gasteiger partial charge is 0.268 e. The minimum absolute atomic E-state index is 0.0686. The van der Waals surface area contributed by atoms with Gasteiger partial charge in [-0.25, -0.2) is 21.2 Å². The Hall–Kier alpha value is -5.11. The molecule has 1 aliphatic heterocycles. The van der Waals surface area contributed by atoms with Crippen molar-refractivity contribution < 1.29 is 26.7 Å². The Morgan fingerprint density at radius 2 is 1.75 bits per heavy atom. The molecule has 6 bridgehead atoms. The van der Waals surface area contributed by atoms with Gasteiger partial charge >= 0.3 is 0 Å². The summed E-state index contributed by atoms with van der Waals surface area (Å²) in [7, 11) is -4.05. The van der Waals surface area contributed by atoms with Crippen LogP contribution >= 0.6 is 15.9 Å². The van der Waals surface area contributed by atoms with E-state index in [0.717, 1.165) is 25.6 Å². The van der Waals surface area contributed by atoms with Crippen molar-refractivity contribution >= 4 is 36.9 Å². The molecule has 0 spiro atoms. The standard InChI is InChI=1S/C40H34BrF2N5O4S/c1-40(2)25-46-24-26(23-44-46)19-32-31-13-17-48(53(49,50)30-9-4-3-5-10-30)38(31)22-35(43)39(32)52-29-11-12-34(42)33(21-29)36-14-16-47(45-36)37(15-18-51-40)27-7-6-8-28(41)20-27/h3-14,16-17,20-24,37H,15,18-19,25H2,1-2H3. The third-order valence-electron chi connectivity index (χ3n) is 9.36. The molecule has 0 amide bonds. The summed E-state index contributed by atoms with van der Waals surface area (Å²) in [5, 5.41) is 9.88. The van der Waals surface area contributed by atoms with Crippen LogP contribution in [0.5, 0.6) is 11.5 Å². The molecule has 0 saturated heterocycles. The van der Waals surface area contributed by atoms with Crippen molar-refractivity contribution in [3.8, 4) is 22.8 Å². The quantitative estimate of drug-likeness (QED) is 0.177. The minimum Gasteiger partial charge on any atom is -0.454 e. The first-order chi connectivity index (χ1) is 25.4. The Kier molecular flexibility index (Phi) is 9.04. The first kappa shape index (κ1) is 34.9. The lowest BCUT2D eigenvalue weighted by Crippen LogP contribution is -2.32. The number of nitrogens with zero attached hydrogens (tertiary/aromatic N) is 5. The van der Waals surface area contributed by atoms with Gasteiger partial charge in [-0.1, -0.05) is 46.3 Å². The van der Waals surface area contributed by atoms with E-state index in [9.17, 15) is 8.42 Å². The van der Waals surface area contributed by atoms with E-state index in [1.54, 1.807) is 45.9 Å². The molecule has 0 saturated carbocycles. The van der Waals surface area contributed by atoms with E-state index < -0.39 is 27.3 Å². The predicted octanol–water partition coefficient (Wildman–Crippen LogP) is 9.15. The van der Waals surface area contributed by atoms with Gasteiger partial charge in [0.05, 0.1) is 40.5 Å². The number of rotatable bonds is 3. The van der Waals surface area contributed by atoms with E-state index >= 15 is 8.78 Å². The number of hydrogen-bond acceptors (Lipinski definition) is 6. The topological polar surface area (TPSA) is 93.2 Å². The summed E-state index contributed by atoms with van der Waals surface area (Å²) < 4.78 is 77.7. The zero-order valence-corrected chi connectivity index (χ0v) is 31.2. The fourth-order valence-corrected chi connectivity index (χ4v) is 8.63. The monoisotopic (exact) mass is 797 g/mol. The van der Waals surface area contributed by atoms with Crippen molar-refractivity contribution in [2.75, 3.05) is 6.61 Å². The van der Waals surface area contributed by atoms with E-state index in [-0.39, 0.29) is 39.9 Å². The fourth-order valence-electron chi connectivity index (χ4n) is 6.85. The normalized spacial score (nSPS) is 16.3. The summed E-state index contributed by atoms with van der Waals surface area (Å²) in [4.78, 5) is 0.0686. The molecule has 3 aromatic heterocycles. The summed E-state index contributed by atoms with van der Waals surface area (Å²) in [5.74, 6) is -1.24. The summed E-state index contributed by atoms with van der Waals surface area (Å²) in [5.41, 5.74) is 2.23. The van der Waals surface area contributed by atoms with Crippen LogP contribution in [-0.2, 0) is 27.7 Å². The first-order valence-electron chi connectivity index (χ1n) is 17.0. The Labute approximate surface area is 313 Å². The second kappa shape index (κ2) is 13.7. The van der Waals surface area contributed by atoms with Crippen molar-refractivity contribution in [2.24, 2.45) is 0 Å². The van der Waals surface area contributed by atoms with E-state index in [0.29, 0.717) is 36.2 Å². The number of hydrogen-bond donors (Lipinski definition) is 0. The third kappa shape index (κ3) is 6.92. The van der Waals surface area contributed by atoms with Crippen LogP contribution in [0.4, 0.5) is 8.78 Å². The number of halogens is 3. The maximum atomic E-state index is 16.4. The number of benzene rings is 4. The molecular weight excluding hydrogens is 764 g/mol. The highest BCUT2D eigenvalue weighted by molar-refractivity contribution is 9.10. The van der Waals surface area contributed by atoms with E-state index in [4.69, 9.17) is 14.6 Å². The number of fused-ring (bicyclic) bond motifs is 10. The molecule has 9 nitrogen and oxygen atoms in total. The van der Waals surface area contributed by atoms with Gasteiger partial charge in [0.1, 0.15) is 11.6 Å². The molecule has 1 atom stereocenters. The third-order valence-corrected chi connectivity index (χ3v) is 11.6. The van der Waals surface area contributed by atoms with Gasteiger partial charge in [-0.05, 0) is 86.0 Å². The van der Waals surface area contributed by atoms with Gasteiger partial charge in [-0.2, -0.15) is 10.2 Å².